The molecule has 1 amide bonds. The van der Waals surface area contributed by atoms with Gasteiger partial charge in [0.15, 0.2) is 0 Å². The van der Waals surface area contributed by atoms with E-state index in [0.29, 0.717) is 5.92 Å². The number of halogens is 2. The average Bonchev–Trinajstić information content (AvgIpc) is 2.46. The lowest BCUT2D eigenvalue weighted by atomic mass is 9.95. The Kier molecular flexibility index (Phi) is 5.46. The fraction of sp³-hybridized carbons (Fsp3) is 0.400. The summed E-state index contributed by atoms with van der Waals surface area (Å²) in [6.45, 7) is 1.64. The molecule has 0 spiro atoms. The molecule has 102 valence electrons. The molecule has 0 saturated carbocycles. The van der Waals surface area contributed by atoms with Gasteiger partial charge in [-0.25, -0.2) is 0 Å². The van der Waals surface area contributed by atoms with E-state index in [1.54, 1.807) is 0 Å². The van der Waals surface area contributed by atoms with Gasteiger partial charge < -0.3 is 4.90 Å². The van der Waals surface area contributed by atoms with Crippen LogP contribution in [-0.4, -0.2) is 29.8 Å². The summed E-state index contributed by atoms with van der Waals surface area (Å²) in [6.07, 6.45) is 6.47. The van der Waals surface area contributed by atoms with Crippen LogP contribution in [0, 0.1) is 5.92 Å². The quantitative estimate of drug-likeness (QED) is 0.762. The average molecular weight is 343 g/mol. The molecule has 4 heteroatoms. The molecule has 0 atom stereocenters. The van der Waals surface area contributed by atoms with Gasteiger partial charge in [0.1, 0.15) is 5.88 Å². The van der Waals surface area contributed by atoms with E-state index in [2.05, 4.69) is 40.2 Å². The lowest BCUT2D eigenvalue weighted by Crippen LogP contribution is -2.38. The first-order chi connectivity index (χ1) is 9.19. The highest BCUT2D eigenvalue weighted by Crippen LogP contribution is 2.20. The highest BCUT2D eigenvalue weighted by Gasteiger charge is 2.20. The van der Waals surface area contributed by atoms with E-state index >= 15 is 0 Å². The molecule has 1 heterocycles. The number of carbonyl (C=O) groups is 1. The van der Waals surface area contributed by atoms with Crippen LogP contribution in [0.15, 0.2) is 34.8 Å². The van der Waals surface area contributed by atoms with Crippen LogP contribution >= 0.6 is 27.5 Å². The molecule has 1 fully saturated rings. The van der Waals surface area contributed by atoms with Crippen LogP contribution in [0.5, 0.6) is 0 Å². The number of rotatable bonds is 3. The molecule has 0 unspecified atom stereocenters. The Morgan fingerprint density at radius 1 is 1.32 bits per heavy atom. The Labute approximate surface area is 127 Å². The zero-order chi connectivity index (χ0) is 13.7. The summed E-state index contributed by atoms with van der Waals surface area (Å²) in [4.78, 5) is 13.3. The number of nitrogens with zero attached hydrogens (tertiary/aromatic N) is 1. The molecular weight excluding hydrogens is 326 g/mol. The molecule has 0 bridgehead atoms. The van der Waals surface area contributed by atoms with Gasteiger partial charge in [0.25, 0.3) is 0 Å². The van der Waals surface area contributed by atoms with Crippen LogP contribution in [0.1, 0.15) is 18.4 Å². The van der Waals surface area contributed by atoms with Gasteiger partial charge in [0.05, 0.1) is 0 Å². The second kappa shape index (κ2) is 7.11. The number of carbonyl (C=O) groups excluding carboxylic acids is 1. The Morgan fingerprint density at radius 3 is 2.53 bits per heavy atom. The highest BCUT2D eigenvalue weighted by molar-refractivity contribution is 9.10. The van der Waals surface area contributed by atoms with Crippen molar-refractivity contribution in [3.8, 4) is 0 Å². The van der Waals surface area contributed by atoms with E-state index in [0.717, 1.165) is 30.4 Å². The Balaban J connectivity index is 1.85. The van der Waals surface area contributed by atoms with Crippen LogP contribution in [0.25, 0.3) is 6.08 Å². The summed E-state index contributed by atoms with van der Waals surface area (Å²) in [5.74, 6) is 0.708. The number of piperidine rings is 1. The maximum atomic E-state index is 11.5. The van der Waals surface area contributed by atoms with Crippen molar-refractivity contribution in [1.29, 1.82) is 0 Å². The van der Waals surface area contributed by atoms with E-state index < -0.39 is 0 Å². The number of amides is 1. The predicted molar refractivity (Wildman–Crippen MR) is 83.2 cm³/mol. The van der Waals surface area contributed by atoms with Crippen molar-refractivity contribution in [2.75, 3.05) is 19.0 Å². The molecule has 0 aromatic heterocycles. The normalized spacial score (nSPS) is 17.1. The van der Waals surface area contributed by atoms with Crippen LogP contribution in [-0.2, 0) is 4.79 Å². The van der Waals surface area contributed by atoms with Crippen LogP contribution in [0.4, 0.5) is 0 Å². The fourth-order valence-corrected chi connectivity index (χ4v) is 2.68. The predicted octanol–water partition coefficient (Wildman–Crippen LogP) is 3.94. The van der Waals surface area contributed by atoms with Crippen molar-refractivity contribution in [3.05, 3.63) is 40.4 Å². The Hall–Kier alpha value is -0.800. The van der Waals surface area contributed by atoms with Gasteiger partial charge in [0.2, 0.25) is 5.91 Å². The van der Waals surface area contributed by atoms with Crippen molar-refractivity contribution in [2.24, 2.45) is 5.92 Å². The molecule has 2 rings (SSSR count). The monoisotopic (exact) mass is 341 g/mol. The molecule has 0 radical (unpaired) electrons. The third-order valence-corrected chi connectivity index (χ3v) is 4.19. The fourth-order valence-electron chi connectivity index (χ4n) is 2.25. The van der Waals surface area contributed by atoms with Crippen LogP contribution in [0.3, 0.4) is 0 Å². The molecule has 1 aromatic carbocycles. The zero-order valence-corrected chi connectivity index (χ0v) is 13.0. The van der Waals surface area contributed by atoms with Crippen molar-refractivity contribution < 1.29 is 4.79 Å². The zero-order valence-electron chi connectivity index (χ0n) is 10.7. The van der Waals surface area contributed by atoms with Gasteiger partial charge in [-0.2, -0.15) is 0 Å². The minimum Gasteiger partial charge on any atom is -0.342 e. The summed E-state index contributed by atoms with van der Waals surface area (Å²) >= 11 is 8.99. The van der Waals surface area contributed by atoms with Gasteiger partial charge >= 0.3 is 0 Å². The van der Waals surface area contributed by atoms with E-state index in [-0.39, 0.29) is 11.8 Å². The minimum atomic E-state index is 0.0528. The Bertz CT molecular complexity index is 450. The first kappa shape index (κ1) is 14.6. The van der Waals surface area contributed by atoms with Gasteiger partial charge in [-0.05, 0) is 36.5 Å². The summed E-state index contributed by atoms with van der Waals surface area (Å²) in [6, 6.07) is 8.27. The number of benzene rings is 1. The third-order valence-electron chi connectivity index (χ3n) is 3.44. The van der Waals surface area contributed by atoms with Crippen molar-refractivity contribution in [3.63, 3.8) is 0 Å². The number of hydrogen-bond acceptors (Lipinski definition) is 1. The van der Waals surface area contributed by atoms with E-state index in [4.69, 9.17) is 11.6 Å². The number of alkyl halides is 1. The molecule has 1 aliphatic rings. The SMILES string of the molecule is O=C(CCl)N1CCC(/C=C/c2ccc(Br)cc2)CC1. The van der Waals surface area contributed by atoms with E-state index in [1.165, 1.54) is 5.56 Å². The maximum absolute atomic E-state index is 11.5. The topological polar surface area (TPSA) is 20.3 Å². The summed E-state index contributed by atoms with van der Waals surface area (Å²) in [5.41, 5.74) is 1.21. The summed E-state index contributed by atoms with van der Waals surface area (Å²) in [5, 5.41) is 0. The molecule has 1 aromatic rings. The van der Waals surface area contributed by atoms with Gasteiger partial charge in [-0.15, -0.1) is 11.6 Å². The Morgan fingerprint density at radius 2 is 1.95 bits per heavy atom. The van der Waals surface area contributed by atoms with E-state index in [1.807, 2.05) is 17.0 Å². The minimum absolute atomic E-state index is 0.0528. The highest BCUT2D eigenvalue weighted by atomic mass is 79.9. The van der Waals surface area contributed by atoms with Gasteiger partial charge in [0, 0.05) is 17.6 Å². The molecular formula is C15H17BrClNO. The summed E-state index contributed by atoms with van der Waals surface area (Å²) in [7, 11) is 0. The van der Waals surface area contributed by atoms with E-state index in [9.17, 15) is 4.79 Å². The molecule has 0 aliphatic carbocycles. The van der Waals surface area contributed by atoms with Gasteiger partial charge in [-0.1, -0.05) is 40.2 Å². The molecule has 2 nitrogen and oxygen atoms in total. The van der Waals surface area contributed by atoms with Crippen LogP contribution in [0.2, 0.25) is 0 Å². The second-order valence-electron chi connectivity index (χ2n) is 4.76. The molecule has 1 saturated heterocycles. The number of hydrogen-bond donors (Lipinski definition) is 0. The first-order valence-corrected chi connectivity index (χ1v) is 7.79. The lowest BCUT2D eigenvalue weighted by molar-refractivity contribution is -0.129. The van der Waals surface area contributed by atoms with Crippen molar-refractivity contribution in [2.45, 2.75) is 12.8 Å². The maximum Gasteiger partial charge on any atom is 0.237 e. The van der Waals surface area contributed by atoms with Gasteiger partial charge in [-0.3, -0.25) is 4.79 Å². The standard InChI is InChI=1S/C15H17BrClNO/c16-14-5-3-12(4-6-14)1-2-13-7-9-18(10-8-13)15(19)11-17/h1-6,13H,7-11H2/b2-1+. The smallest absolute Gasteiger partial charge is 0.237 e. The largest absolute Gasteiger partial charge is 0.342 e. The molecule has 19 heavy (non-hydrogen) atoms. The number of likely N-dealkylation sites (tertiary alicyclic amines) is 1. The van der Waals surface area contributed by atoms with Crippen LogP contribution < -0.4 is 0 Å². The molecule has 0 N–H and O–H groups in total. The number of allylic oxidation sites excluding steroid dienone is 1. The van der Waals surface area contributed by atoms with Crippen molar-refractivity contribution >= 4 is 39.5 Å². The lowest BCUT2D eigenvalue weighted by Gasteiger charge is -2.30. The first-order valence-electron chi connectivity index (χ1n) is 6.46. The second-order valence-corrected chi connectivity index (χ2v) is 5.95. The third kappa shape index (κ3) is 4.36. The van der Waals surface area contributed by atoms with Crippen molar-refractivity contribution in [1.82, 2.24) is 4.90 Å². The summed E-state index contributed by atoms with van der Waals surface area (Å²) < 4.78 is 1.09. The molecule has 1 aliphatic heterocycles.